The SMILES string of the molecule is CC(C)CCN(c1ccc(Br)cc1C(C)O)C1CCCC1. The average molecular weight is 354 g/mol. The maximum atomic E-state index is 10.2. The third-order valence-electron chi connectivity index (χ3n) is 4.46. The lowest BCUT2D eigenvalue weighted by atomic mass is 10.0. The highest BCUT2D eigenvalue weighted by molar-refractivity contribution is 9.10. The van der Waals surface area contributed by atoms with Gasteiger partial charge in [-0.3, -0.25) is 0 Å². The number of nitrogens with zero attached hydrogens (tertiary/aromatic N) is 1. The largest absolute Gasteiger partial charge is 0.389 e. The molecule has 1 N–H and O–H groups in total. The first kappa shape index (κ1) is 16.8. The van der Waals surface area contributed by atoms with Gasteiger partial charge in [-0.1, -0.05) is 42.6 Å². The molecule has 1 unspecified atom stereocenters. The van der Waals surface area contributed by atoms with Crippen molar-refractivity contribution >= 4 is 21.6 Å². The number of rotatable bonds is 6. The van der Waals surface area contributed by atoms with Crippen molar-refractivity contribution in [1.29, 1.82) is 0 Å². The molecule has 1 aliphatic carbocycles. The molecule has 2 nitrogen and oxygen atoms in total. The van der Waals surface area contributed by atoms with E-state index in [9.17, 15) is 5.11 Å². The molecule has 0 heterocycles. The van der Waals surface area contributed by atoms with Gasteiger partial charge in [0.05, 0.1) is 6.10 Å². The van der Waals surface area contributed by atoms with E-state index >= 15 is 0 Å². The molecule has 21 heavy (non-hydrogen) atoms. The number of anilines is 1. The lowest BCUT2D eigenvalue weighted by Gasteiger charge is -2.34. The fraction of sp³-hybridized carbons (Fsp3) is 0.667. The monoisotopic (exact) mass is 353 g/mol. The fourth-order valence-corrected chi connectivity index (χ4v) is 3.61. The van der Waals surface area contributed by atoms with Crippen molar-refractivity contribution in [3.8, 4) is 0 Å². The van der Waals surface area contributed by atoms with E-state index in [4.69, 9.17) is 0 Å². The Kier molecular flexibility index (Phi) is 6.12. The Balaban J connectivity index is 2.30. The van der Waals surface area contributed by atoms with Gasteiger partial charge in [-0.25, -0.2) is 0 Å². The summed E-state index contributed by atoms with van der Waals surface area (Å²) in [5.41, 5.74) is 2.26. The molecule has 0 saturated heterocycles. The average Bonchev–Trinajstić information content (AvgIpc) is 2.93. The van der Waals surface area contributed by atoms with Gasteiger partial charge in [0.25, 0.3) is 0 Å². The van der Waals surface area contributed by atoms with Crippen LogP contribution in [0.15, 0.2) is 22.7 Å². The number of hydrogen-bond donors (Lipinski definition) is 1. The van der Waals surface area contributed by atoms with Gasteiger partial charge in [0.15, 0.2) is 0 Å². The second-order valence-corrected chi connectivity index (χ2v) is 7.61. The van der Waals surface area contributed by atoms with Crippen molar-refractivity contribution in [1.82, 2.24) is 0 Å². The van der Waals surface area contributed by atoms with Crippen LogP contribution >= 0.6 is 15.9 Å². The van der Waals surface area contributed by atoms with E-state index in [-0.39, 0.29) is 0 Å². The van der Waals surface area contributed by atoms with E-state index in [2.05, 4.69) is 52.9 Å². The van der Waals surface area contributed by atoms with Gasteiger partial charge in [-0.15, -0.1) is 0 Å². The van der Waals surface area contributed by atoms with E-state index in [1.54, 1.807) is 0 Å². The summed E-state index contributed by atoms with van der Waals surface area (Å²) in [6.07, 6.45) is 6.01. The van der Waals surface area contributed by atoms with E-state index < -0.39 is 6.10 Å². The maximum absolute atomic E-state index is 10.2. The van der Waals surface area contributed by atoms with Gasteiger partial charge >= 0.3 is 0 Å². The van der Waals surface area contributed by atoms with Gasteiger partial charge in [-0.05, 0) is 50.3 Å². The van der Waals surface area contributed by atoms with Crippen molar-refractivity contribution < 1.29 is 5.11 Å². The molecule has 0 radical (unpaired) electrons. The Morgan fingerprint density at radius 3 is 2.48 bits per heavy atom. The molecule has 1 atom stereocenters. The summed E-state index contributed by atoms with van der Waals surface area (Å²) >= 11 is 3.53. The number of hydrogen-bond acceptors (Lipinski definition) is 2. The first-order valence-electron chi connectivity index (χ1n) is 8.23. The van der Waals surface area contributed by atoms with Crippen LogP contribution in [-0.2, 0) is 0 Å². The molecule has 1 saturated carbocycles. The lowest BCUT2D eigenvalue weighted by molar-refractivity contribution is 0.199. The second-order valence-electron chi connectivity index (χ2n) is 6.69. The van der Waals surface area contributed by atoms with Crippen LogP contribution in [0.4, 0.5) is 5.69 Å². The zero-order valence-electron chi connectivity index (χ0n) is 13.5. The predicted octanol–water partition coefficient (Wildman–Crippen LogP) is 5.30. The number of aliphatic hydroxyl groups is 1. The van der Waals surface area contributed by atoms with Crippen molar-refractivity contribution in [3.05, 3.63) is 28.2 Å². The van der Waals surface area contributed by atoms with E-state index in [0.29, 0.717) is 12.0 Å². The van der Waals surface area contributed by atoms with Crippen molar-refractivity contribution in [3.63, 3.8) is 0 Å². The third kappa shape index (κ3) is 4.46. The van der Waals surface area contributed by atoms with Crippen LogP contribution in [-0.4, -0.2) is 17.7 Å². The summed E-state index contributed by atoms with van der Waals surface area (Å²) in [7, 11) is 0. The van der Waals surface area contributed by atoms with Gasteiger partial charge in [0.1, 0.15) is 0 Å². The van der Waals surface area contributed by atoms with Crippen LogP contribution in [0.25, 0.3) is 0 Å². The molecule has 1 aromatic rings. The topological polar surface area (TPSA) is 23.5 Å². The molecule has 2 rings (SSSR count). The summed E-state index contributed by atoms with van der Waals surface area (Å²) in [5, 5.41) is 10.2. The summed E-state index contributed by atoms with van der Waals surface area (Å²) in [4.78, 5) is 2.56. The minimum absolute atomic E-state index is 0.430. The van der Waals surface area contributed by atoms with Crippen molar-refractivity contribution in [2.24, 2.45) is 5.92 Å². The molecule has 0 aromatic heterocycles. The Hall–Kier alpha value is -0.540. The van der Waals surface area contributed by atoms with Crippen molar-refractivity contribution in [2.75, 3.05) is 11.4 Å². The maximum Gasteiger partial charge on any atom is 0.0782 e. The van der Waals surface area contributed by atoms with E-state index in [1.807, 2.05) is 6.92 Å². The fourth-order valence-electron chi connectivity index (χ4n) is 3.23. The van der Waals surface area contributed by atoms with E-state index in [1.165, 1.54) is 37.8 Å². The van der Waals surface area contributed by atoms with E-state index in [0.717, 1.165) is 16.6 Å². The Morgan fingerprint density at radius 2 is 1.90 bits per heavy atom. The van der Waals surface area contributed by atoms with Crippen LogP contribution in [0, 0.1) is 5.92 Å². The molecule has 118 valence electrons. The quantitative estimate of drug-likeness (QED) is 0.750. The molecule has 3 heteroatoms. The number of benzene rings is 1. The number of aliphatic hydroxyl groups excluding tert-OH is 1. The molecule has 1 aromatic carbocycles. The summed E-state index contributed by atoms with van der Waals surface area (Å²) in [6.45, 7) is 7.51. The molecule has 1 fully saturated rings. The molecular weight excluding hydrogens is 326 g/mol. The highest BCUT2D eigenvalue weighted by Gasteiger charge is 2.25. The lowest BCUT2D eigenvalue weighted by Crippen LogP contribution is -2.35. The molecule has 0 amide bonds. The zero-order chi connectivity index (χ0) is 15.4. The normalized spacial score (nSPS) is 17.4. The minimum Gasteiger partial charge on any atom is -0.389 e. The molecule has 0 bridgehead atoms. The molecular formula is C18H28BrNO. The second kappa shape index (κ2) is 7.64. The van der Waals surface area contributed by atoms with Crippen LogP contribution in [0.2, 0.25) is 0 Å². The number of halogens is 1. The van der Waals surface area contributed by atoms with Crippen LogP contribution in [0.1, 0.15) is 64.5 Å². The Labute approximate surface area is 137 Å². The summed E-state index contributed by atoms with van der Waals surface area (Å²) in [5.74, 6) is 0.708. The first-order valence-corrected chi connectivity index (χ1v) is 9.02. The predicted molar refractivity (Wildman–Crippen MR) is 93.8 cm³/mol. The minimum atomic E-state index is -0.430. The molecule has 0 spiro atoms. The summed E-state index contributed by atoms with van der Waals surface area (Å²) in [6, 6.07) is 6.98. The van der Waals surface area contributed by atoms with Crippen LogP contribution in [0.3, 0.4) is 0 Å². The van der Waals surface area contributed by atoms with Gasteiger partial charge < -0.3 is 10.0 Å². The van der Waals surface area contributed by atoms with Gasteiger partial charge in [-0.2, -0.15) is 0 Å². The summed E-state index contributed by atoms with van der Waals surface area (Å²) < 4.78 is 1.04. The van der Waals surface area contributed by atoms with Crippen LogP contribution < -0.4 is 4.90 Å². The highest BCUT2D eigenvalue weighted by Crippen LogP contribution is 2.35. The van der Waals surface area contributed by atoms with Crippen molar-refractivity contribution in [2.45, 2.75) is 65.0 Å². The van der Waals surface area contributed by atoms with Gasteiger partial charge in [0, 0.05) is 28.3 Å². The zero-order valence-corrected chi connectivity index (χ0v) is 15.1. The van der Waals surface area contributed by atoms with Crippen LogP contribution in [0.5, 0.6) is 0 Å². The Morgan fingerprint density at radius 1 is 1.24 bits per heavy atom. The highest BCUT2D eigenvalue weighted by atomic mass is 79.9. The van der Waals surface area contributed by atoms with Gasteiger partial charge in [0.2, 0.25) is 0 Å². The molecule has 0 aliphatic heterocycles. The Bertz CT molecular complexity index is 453. The smallest absolute Gasteiger partial charge is 0.0782 e. The molecule has 1 aliphatic rings. The standard InChI is InChI=1S/C18H28BrNO/c1-13(2)10-11-20(16-6-4-5-7-16)18-9-8-15(19)12-17(18)14(3)21/h8-9,12-14,16,21H,4-7,10-11H2,1-3H3. The third-order valence-corrected chi connectivity index (χ3v) is 4.96. The first-order chi connectivity index (χ1) is 9.99.